The Kier molecular flexibility index (Phi) is 5.37. The molecule has 9 heteroatoms. The third-order valence-corrected chi connectivity index (χ3v) is 4.27. The minimum atomic E-state index is -0.391. The third-order valence-electron chi connectivity index (χ3n) is 3.35. The summed E-state index contributed by atoms with van der Waals surface area (Å²) >= 11 is 1.17. The molecule has 2 aromatic carbocycles. The van der Waals surface area contributed by atoms with E-state index in [2.05, 4.69) is 20.8 Å². The summed E-state index contributed by atoms with van der Waals surface area (Å²) in [5, 5.41) is 14.6. The quantitative estimate of drug-likeness (QED) is 0.529. The first-order chi connectivity index (χ1) is 12.5. The molecule has 1 N–H and O–H groups in total. The van der Waals surface area contributed by atoms with Gasteiger partial charge in [0, 0.05) is 18.2 Å². The fourth-order valence-corrected chi connectivity index (χ4v) is 2.98. The van der Waals surface area contributed by atoms with Gasteiger partial charge in [-0.3, -0.25) is 9.59 Å². The Balaban J connectivity index is 1.73. The van der Waals surface area contributed by atoms with Gasteiger partial charge in [0.1, 0.15) is 5.82 Å². The number of rotatable bonds is 6. The van der Waals surface area contributed by atoms with E-state index in [9.17, 15) is 14.0 Å². The number of ketones is 1. The predicted octanol–water partition coefficient (Wildman–Crippen LogP) is 2.73. The molecular formula is C17H14FN5O2S. The fourth-order valence-electron chi connectivity index (χ4n) is 2.20. The van der Waals surface area contributed by atoms with Crippen LogP contribution in [0.25, 0.3) is 5.69 Å². The van der Waals surface area contributed by atoms with Crippen molar-refractivity contribution in [3.8, 4) is 5.69 Å². The van der Waals surface area contributed by atoms with Gasteiger partial charge < -0.3 is 5.32 Å². The number of hydrogen-bond donors (Lipinski definition) is 1. The lowest BCUT2D eigenvalue weighted by atomic mass is 10.1. The van der Waals surface area contributed by atoms with Crippen molar-refractivity contribution in [2.45, 2.75) is 12.1 Å². The van der Waals surface area contributed by atoms with Crippen molar-refractivity contribution in [2.24, 2.45) is 0 Å². The predicted molar refractivity (Wildman–Crippen MR) is 94.9 cm³/mol. The highest BCUT2D eigenvalue weighted by Gasteiger charge is 2.13. The molecule has 0 unspecified atom stereocenters. The van der Waals surface area contributed by atoms with Crippen LogP contribution in [-0.4, -0.2) is 37.7 Å². The summed E-state index contributed by atoms with van der Waals surface area (Å²) in [6.45, 7) is 1.42. The highest BCUT2D eigenvalue weighted by Crippen LogP contribution is 2.21. The van der Waals surface area contributed by atoms with E-state index >= 15 is 0 Å². The number of thioether (sulfide) groups is 1. The molecule has 132 valence electrons. The second kappa shape index (κ2) is 7.87. The molecule has 0 atom stereocenters. The van der Waals surface area contributed by atoms with Gasteiger partial charge in [0.25, 0.3) is 0 Å². The molecule has 0 aliphatic rings. The summed E-state index contributed by atoms with van der Waals surface area (Å²) in [6.07, 6.45) is 0. The number of halogens is 1. The molecule has 0 aliphatic carbocycles. The number of tetrazole rings is 1. The van der Waals surface area contributed by atoms with Gasteiger partial charge in [0.2, 0.25) is 11.1 Å². The van der Waals surface area contributed by atoms with Crippen molar-refractivity contribution in [1.29, 1.82) is 0 Å². The summed E-state index contributed by atoms with van der Waals surface area (Å²) in [5.41, 5.74) is 1.69. The van der Waals surface area contributed by atoms with Crippen LogP contribution in [0.4, 0.5) is 10.1 Å². The maximum absolute atomic E-state index is 12.9. The maximum Gasteiger partial charge on any atom is 0.221 e. The number of nitrogens with one attached hydrogen (secondary N) is 1. The fraction of sp³-hybridized carbons (Fsp3) is 0.118. The van der Waals surface area contributed by atoms with E-state index in [-0.39, 0.29) is 17.4 Å². The molecule has 0 saturated heterocycles. The third kappa shape index (κ3) is 4.31. The highest BCUT2D eigenvalue weighted by atomic mass is 32.2. The first-order valence-electron chi connectivity index (χ1n) is 7.61. The zero-order valence-corrected chi connectivity index (χ0v) is 14.5. The lowest BCUT2D eigenvalue weighted by molar-refractivity contribution is -0.114. The molecule has 7 nitrogen and oxygen atoms in total. The molecule has 3 rings (SSSR count). The molecule has 0 aliphatic heterocycles. The minimum absolute atomic E-state index is 0.109. The lowest BCUT2D eigenvalue weighted by Crippen LogP contribution is -2.07. The Morgan fingerprint density at radius 3 is 2.69 bits per heavy atom. The number of Topliss-reactive ketones (excluding diaryl/α,β-unsaturated/α-hetero) is 1. The van der Waals surface area contributed by atoms with Gasteiger partial charge in [-0.1, -0.05) is 17.8 Å². The average Bonchev–Trinajstić information content (AvgIpc) is 3.08. The van der Waals surface area contributed by atoms with Crippen LogP contribution < -0.4 is 5.32 Å². The van der Waals surface area contributed by atoms with E-state index in [1.165, 1.54) is 47.6 Å². The molecule has 0 saturated carbocycles. The Bertz CT molecular complexity index is 942. The maximum atomic E-state index is 12.9. The van der Waals surface area contributed by atoms with Crippen LogP contribution in [0, 0.1) is 5.82 Å². The van der Waals surface area contributed by atoms with Crippen LogP contribution in [0.3, 0.4) is 0 Å². The van der Waals surface area contributed by atoms with E-state index < -0.39 is 5.82 Å². The standard InChI is InChI=1S/C17H14FN5O2S/c1-11(24)19-14-3-2-4-15(9-14)23-17(20-21-22-23)26-10-16(25)12-5-7-13(18)8-6-12/h2-9H,10H2,1H3,(H,19,24). The number of carbonyl (C=O) groups excluding carboxylic acids is 2. The first kappa shape index (κ1) is 17.7. The van der Waals surface area contributed by atoms with Crippen molar-refractivity contribution in [1.82, 2.24) is 20.2 Å². The van der Waals surface area contributed by atoms with Gasteiger partial charge >= 0.3 is 0 Å². The molecule has 26 heavy (non-hydrogen) atoms. The number of aromatic nitrogens is 4. The van der Waals surface area contributed by atoms with Crippen molar-refractivity contribution in [3.63, 3.8) is 0 Å². The summed E-state index contributed by atoms with van der Waals surface area (Å²) in [5.74, 6) is -0.621. The normalized spacial score (nSPS) is 10.5. The molecule has 0 fully saturated rings. The zero-order valence-electron chi connectivity index (χ0n) is 13.7. The summed E-state index contributed by atoms with van der Waals surface area (Å²) in [4.78, 5) is 23.4. The molecule has 0 bridgehead atoms. The Morgan fingerprint density at radius 1 is 1.19 bits per heavy atom. The first-order valence-corrected chi connectivity index (χ1v) is 8.59. The van der Waals surface area contributed by atoms with Crippen LogP contribution in [0.15, 0.2) is 53.7 Å². The van der Waals surface area contributed by atoms with Crippen LogP contribution in [0.5, 0.6) is 0 Å². The van der Waals surface area contributed by atoms with Crippen molar-refractivity contribution < 1.29 is 14.0 Å². The molecule has 1 aromatic heterocycles. The summed E-state index contributed by atoms with van der Waals surface area (Å²) < 4.78 is 14.4. The van der Waals surface area contributed by atoms with E-state index in [1.54, 1.807) is 24.3 Å². The summed E-state index contributed by atoms with van der Waals surface area (Å²) in [6, 6.07) is 12.4. The molecule has 0 radical (unpaired) electrons. The van der Waals surface area contributed by atoms with Crippen LogP contribution in [0.2, 0.25) is 0 Å². The second-order valence-electron chi connectivity index (χ2n) is 5.32. The van der Waals surface area contributed by atoms with Crippen molar-refractivity contribution >= 4 is 29.1 Å². The highest BCUT2D eigenvalue weighted by molar-refractivity contribution is 7.99. The SMILES string of the molecule is CC(=O)Nc1cccc(-n2nnnc2SCC(=O)c2ccc(F)cc2)c1. The van der Waals surface area contributed by atoms with Gasteiger partial charge in [-0.15, -0.1) is 5.10 Å². The second-order valence-corrected chi connectivity index (χ2v) is 6.27. The molecule has 1 amide bonds. The van der Waals surface area contributed by atoms with Crippen LogP contribution in [0.1, 0.15) is 17.3 Å². The Morgan fingerprint density at radius 2 is 1.96 bits per heavy atom. The molecule has 0 spiro atoms. The molecule has 1 heterocycles. The van der Waals surface area contributed by atoms with Gasteiger partial charge in [0.15, 0.2) is 5.78 Å². The van der Waals surface area contributed by atoms with E-state index in [0.717, 1.165) is 0 Å². The van der Waals surface area contributed by atoms with Gasteiger partial charge in [-0.25, -0.2) is 4.39 Å². The monoisotopic (exact) mass is 371 g/mol. The van der Waals surface area contributed by atoms with E-state index in [0.29, 0.717) is 22.1 Å². The van der Waals surface area contributed by atoms with Crippen molar-refractivity contribution in [3.05, 3.63) is 59.9 Å². The minimum Gasteiger partial charge on any atom is -0.326 e. The van der Waals surface area contributed by atoms with E-state index in [1.807, 2.05) is 0 Å². The summed E-state index contributed by atoms with van der Waals surface area (Å²) in [7, 11) is 0. The van der Waals surface area contributed by atoms with Gasteiger partial charge in [-0.05, 0) is 52.9 Å². The van der Waals surface area contributed by atoms with Gasteiger partial charge in [0.05, 0.1) is 11.4 Å². The number of amides is 1. The average molecular weight is 371 g/mol. The molecule has 3 aromatic rings. The van der Waals surface area contributed by atoms with E-state index in [4.69, 9.17) is 0 Å². The van der Waals surface area contributed by atoms with Crippen LogP contribution >= 0.6 is 11.8 Å². The smallest absolute Gasteiger partial charge is 0.221 e. The number of anilines is 1. The van der Waals surface area contributed by atoms with Gasteiger partial charge in [-0.2, -0.15) is 4.68 Å². The van der Waals surface area contributed by atoms with Crippen molar-refractivity contribution in [2.75, 3.05) is 11.1 Å². The Labute approximate surface area is 152 Å². The number of carbonyl (C=O) groups is 2. The lowest BCUT2D eigenvalue weighted by Gasteiger charge is -2.07. The largest absolute Gasteiger partial charge is 0.326 e. The topological polar surface area (TPSA) is 89.8 Å². The number of hydrogen-bond acceptors (Lipinski definition) is 6. The zero-order chi connectivity index (χ0) is 18.5. The van der Waals surface area contributed by atoms with Crippen LogP contribution in [-0.2, 0) is 4.79 Å². The molecular weight excluding hydrogens is 357 g/mol. The number of nitrogens with zero attached hydrogens (tertiary/aromatic N) is 4. The Hall–Kier alpha value is -3.07. The number of benzene rings is 2.